The first-order valence-corrected chi connectivity index (χ1v) is 10.1. The molecule has 2 N–H and O–H groups in total. The Hall–Kier alpha value is -3.48. The molecule has 0 fully saturated rings. The summed E-state index contributed by atoms with van der Waals surface area (Å²) in [4.78, 5) is 25.1. The van der Waals surface area contributed by atoms with Gasteiger partial charge < -0.3 is 24.8 Å². The van der Waals surface area contributed by atoms with E-state index in [1.165, 1.54) is 7.11 Å². The van der Waals surface area contributed by atoms with Crippen molar-refractivity contribution >= 4 is 12.0 Å². The fourth-order valence-corrected chi connectivity index (χ4v) is 3.64. The average Bonchev–Trinajstić information content (AvgIpc) is 2.76. The van der Waals surface area contributed by atoms with Gasteiger partial charge in [-0.1, -0.05) is 55.8 Å². The lowest BCUT2D eigenvalue weighted by Gasteiger charge is -2.31. The average molecular weight is 424 g/mol. The molecule has 1 unspecified atom stereocenters. The Morgan fingerprint density at radius 3 is 2.52 bits per heavy atom. The van der Waals surface area contributed by atoms with Gasteiger partial charge in [0.25, 0.3) is 0 Å². The van der Waals surface area contributed by atoms with Gasteiger partial charge in [-0.15, -0.1) is 0 Å². The van der Waals surface area contributed by atoms with E-state index in [1.54, 1.807) is 19.2 Å². The first-order valence-electron chi connectivity index (χ1n) is 10.1. The minimum Gasteiger partial charge on any atom is -0.493 e. The minimum absolute atomic E-state index is 0.0927. The third-order valence-electron chi connectivity index (χ3n) is 5.09. The van der Waals surface area contributed by atoms with Crippen LogP contribution < -0.4 is 20.1 Å². The Morgan fingerprint density at radius 1 is 1.13 bits per heavy atom. The highest BCUT2D eigenvalue weighted by Gasteiger charge is 2.36. The summed E-state index contributed by atoms with van der Waals surface area (Å²) in [7, 11) is 2.87. The third-order valence-corrected chi connectivity index (χ3v) is 5.09. The monoisotopic (exact) mass is 424 g/mol. The Bertz CT molecular complexity index is 1010. The van der Waals surface area contributed by atoms with Crippen LogP contribution in [0.2, 0.25) is 0 Å². The number of nitrogens with one attached hydrogen (secondary N) is 2. The molecule has 0 saturated heterocycles. The molecule has 0 aliphatic carbocycles. The van der Waals surface area contributed by atoms with Crippen LogP contribution in [0.25, 0.3) is 0 Å². The molecule has 2 aromatic carbocycles. The zero-order chi connectivity index (χ0) is 22.5. The van der Waals surface area contributed by atoms with Crippen molar-refractivity contribution in [3.63, 3.8) is 0 Å². The molecule has 164 valence electrons. The van der Waals surface area contributed by atoms with Gasteiger partial charge in [-0.25, -0.2) is 9.59 Å². The maximum atomic E-state index is 12.7. The van der Waals surface area contributed by atoms with Crippen LogP contribution >= 0.6 is 0 Å². The fraction of sp³-hybridized carbons (Fsp3) is 0.333. The second-order valence-corrected chi connectivity index (χ2v) is 7.66. The number of esters is 1. The standard InChI is InChI=1S/C24H28N2O5/c1-14(2)20-19(23(27)30-5)21(26-24(28)25-20)17-10-7-11-18(29-4)22(17)31-13-16-9-6-8-15(3)12-16/h6-12,14,21H,13H2,1-5H3,(H2,25,26,28). The fourth-order valence-electron chi connectivity index (χ4n) is 3.64. The molecule has 0 bridgehead atoms. The van der Waals surface area contributed by atoms with Gasteiger partial charge in [0.2, 0.25) is 0 Å². The van der Waals surface area contributed by atoms with Crippen LogP contribution in [0.15, 0.2) is 53.7 Å². The van der Waals surface area contributed by atoms with Gasteiger partial charge in [-0.2, -0.15) is 0 Å². The summed E-state index contributed by atoms with van der Waals surface area (Å²) in [5.41, 5.74) is 3.60. The largest absolute Gasteiger partial charge is 0.493 e. The number of hydrogen-bond donors (Lipinski definition) is 2. The molecular formula is C24H28N2O5. The number of carbonyl (C=O) groups excluding carboxylic acids is 2. The van der Waals surface area contributed by atoms with Crippen LogP contribution in [0.1, 0.15) is 36.6 Å². The number of urea groups is 1. The zero-order valence-electron chi connectivity index (χ0n) is 18.4. The lowest BCUT2D eigenvalue weighted by Crippen LogP contribution is -2.47. The zero-order valence-corrected chi connectivity index (χ0v) is 18.4. The van der Waals surface area contributed by atoms with E-state index in [1.807, 2.05) is 51.1 Å². The van der Waals surface area contributed by atoms with Crippen molar-refractivity contribution in [2.45, 2.75) is 33.4 Å². The molecule has 1 aliphatic heterocycles. The van der Waals surface area contributed by atoms with Crippen molar-refractivity contribution < 1.29 is 23.8 Å². The highest BCUT2D eigenvalue weighted by Crippen LogP contribution is 2.40. The van der Waals surface area contributed by atoms with Crippen molar-refractivity contribution in [1.29, 1.82) is 0 Å². The van der Waals surface area contributed by atoms with E-state index in [9.17, 15) is 9.59 Å². The summed E-state index contributed by atoms with van der Waals surface area (Å²) in [6.45, 7) is 6.13. The molecule has 0 saturated carbocycles. The second-order valence-electron chi connectivity index (χ2n) is 7.66. The number of rotatable bonds is 7. The summed E-state index contributed by atoms with van der Waals surface area (Å²) in [6, 6.07) is 12.2. The van der Waals surface area contributed by atoms with Crippen LogP contribution in [0.5, 0.6) is 11.5 Å². The van der Waals surface area contributed by atoms with Gasteiger partial charge in [0.1, 0.15) is 6.61 Å². The van der Waals surface area contributed by atoms with Crippen molar-refractivity contribution in [3.8, 4) is 11.5 Å². The van der Waals surface area contributed by atoms with Crippen molar-refractivity contribution in [3.05, 3.63) is 70.4 Å². The molecule has 1 atom stereocenters. The van der Waals surface area contributed by atoms with Gasteiger partial charge in [-0.05, 0) is 24.5 Å². The Morgan fingerprint density at radius 2 is 1.87 bits per heavy atom. The van der Waals surface area contributed by atoms with Gasteiger partial charge in [0.05, 0.1) is 25.8 Å². The van der Waals surface area contributed by atoms with Crippen LogP contribution in [0.3, 0.4) is 0 Å². The topological polar surface area (TPSA) is 85.9 Å². The predicted octanol–water partition coefficient (Wildman–Crippen LogP) is 4.02. The first-order chi connectivity index (χ1) is 14.8. The Balaban J connectivity index is 2.08. The highest BCUT2D eigenvalue weighted by molar-refractivity contribution is 5.95. The van der Waals surface area contributed by atoms with Crippen LogP contribution in [-0.4, -0.2) is 26.2 Å². The molecule has 0 aromatic heterocycles. The summed E-state index contributed by atoms with van der Waals surface area (Å²) >= 11 is 0. The number of methoxy groups -OCH3 is 2. The number of carbonyl (C=O) groups is 2. The summed E-state index contributed by atoms with van der Waals surface area (Å²) in [6.07, 6.45) is 0. The van der Waals surface area contributed by atoms with Gasteiger partial charge >= 0.3 is 12.0 Å². The normalized spacial score (nSPS) is 15.9. The number of para-hydroxylation sites is 1. The smallest absolute Gasteiger partial charge is 0.337 e. The third kappa shape index (κ3) is 4.82. The SMILES string of the molecule is COC(=O)C1=C(C(C)C)NC(=O)NC1c1cccc(OC)c1OCc1cccc(C)c1. The maximum Gasteiger partial charge on any atom is 0.337 e. The number of benzene rings is 2. The molecule has 7 heteroatoms. The number of aryl methyl sites for hydroxylation is 1. The van der Waals surface area contributed by atoms with Crippen LogP contribution in [0, 0.1) is 12.8 Å². The van der Waals surface area contributed by atoms with Crippen molar-refractivity contribution in [2.24, 2.45) is 5.92 Å². The van der Waals surface area contributed by atoms with Gasteiger partial charge in [-0.3, -0.25) is 0 Å². The van der Waals surface area contributed by atoms with E-state index in [-0.39, 0.29) is 5.92 Å². The van der Waals surface area contributed by atoms with Gasteiger partial charge in [0, 0.05) is 11.3 Å². The summed E-state index contributed by atoms with van der Waals surface area (Å²) < 4.78 is 16.7. The molecule has 31 heavy (non-hydrogen) atoms. The highest BCUT2D eigenvalue weighted by atomic mass is 16.5. The van der Waals surface area contributed by atoms with Gasteiger partial charge in [0.15, 0.2) is 11.5 Å². The second kappa shape index (κ2) is 9.55. The molecule has 0 radical (unpaired) electrons. The van der Waals surface area contributed by atoms with E-state index in [0.29, 0.717) is 34.9 Å². The number of ether oxygens (including phenoxy) is 3. The van der Waals surface area contributed by atoms with E-state index in [0.717, 1.165) is 11.1 Å². The van der Waals surface area contributed by atoms with Crippen molar-refractivity contribution in [1.82, 2.24) is 10.6 Å². The molecular weight excluding hydrogens is 396 g/mol. The molecule has 7 nitrogen and oxygen atoms in total. The molecule has 2 aromatic rings. The minimum atomic E-state index is -0.749. The Labute approximate surface area is 182 Å². The van der Waals surface area contributed by atoms with E-state index in [4.69, 9.17) is 14.2 Å². The summed E-state index contributed by atoms with van der Waals surface area (Å²) in [5, 5.41) is 5.59. The molecule has 1 heterocycles. The molecule has 2 amide bonds. The Kier molecular flexibility index (Phi) is 6.84. The lowest BCUT2D eigenvalue weighted by atomic mass is 9.91. The van der Waals surface area contributed by atoms with E-state index in [2.05, 4.69) is 10.6 Å². The number of amides is 2. The van der Waals surface area contributed by atoms with Crippen molar-refractivity contribution in [2.75, 3.05) is 14.2 Å². The number of hydrogen-bond acceptors (Lipinski definition) is 5. The maximum absolute atomic E-state index is 12.7. The quantitative estimate of drug-likeness (QED) is 0.656. The molecule has 1 aliphatic rings. The van der Waals surface area contributed by atoms with Crippen LogP contribution in [-0.2, 0) is 16.1 Å². The lowest BCUT2D eigenvalue weighted by molar-refractivity contribution is -0.136. The first kappa shape index (κ1) is 22.2. The molecule has 0 spiro atoms. The molecule has 3 rings (SSSR count). The van der Waals surface area contributed by atoms with E-state index >= 15 is 0 Å². The van der Waals surface area contributed by atoms with Crippen LogP contribution in [0.4, 0.5) is 4.79 Å². The van der Waals surface area contributed by atoms with E-state index < -0.39 is 18.0 Å². The number of allylic oxidation sites excluding steroid dienone is 1. The summed E-state index contributed by atoms with van der Waals surface area (Å²) in [5.74, 6) is 0.357. The predicted molar refractivity (Wildman–Crippen MR) is 117 cm³/mol.